The predicted molar refractivity (Wildman–Crippen MR) is 126 cm³/mol. The molecule has 3 aromatic rings. The number of aryl methyl sites for hydroxylation is 1. The molecule has 9 nitrogen and oxygen atoms in total. The number of anilines is 2. The normalized spacial score (nSPS) is 21.4. The van der Waals surface area contributed by atoms with Gasteiger partial charge in [-0.15, -0.1) is 0 Å². The first-order chi connectivity index (χ1) is 16.2. The zero-order valence-electron chi connectivity index (χ0n) is 18.6. The summed E-state index contributed by atoms with van der Waals surface area (Å²) in [4.78, 5) is 34.8. The Bertz CT molecular complexity index is 1110. The second-order valence-corrected chi connectivity index (χ2v) is 8.50. The highest BCUT2D eigenvalue weighted by molar-refractivity contribution is 5.78. The maximum Gasteiger partial charge on any atom is 0.234 e. The molecule has 1 aromatic carbocycles. The van der Waals surface area contributed by atoms with Gasteiger partial charge < -0.3 is 10.6 Å². The molecule has 5 heterocycles. The fourth-order valence-electron chi connectivity index (χ4n) is 4.25. The molecule has 3 aliphatic rings. The van der Waals surface area contributed by atoms with Crippen LogP contribution in [-0.2, 0) is 17.8 Å². The van der Waals surface area contributed by atoms with Crippen LogP contribution in [-0.4, -0.2) is 74.9 Å². The van der Waals surface area contributed by atoms with Crippen molar-refractivity contribution >= 4 is 17.5 Å². The summed E-state index contributed by atoms with van der Waals surface area (Å²) >= 11 is 0. The topological polar surface area (TPSA) is 99.2 Å². The lowest BCUT2D eigenvalue weighted by Gasteiger charge is -2.34. The second kappa shape index (κ2) is 10.0. The Morgan fingerprint density at radius 3 is 2.64 bits per heavy atom. The minimum absolute atomic E-state index is 0.0903. The van der Waals surface area contributed by atoms with E-state index >= 15 is 0 Å². The van der Waals surface area contributed by atoms with Crippen LogP contribution in [0.15, 0.2) is 48.9 Å². The highest BCUT2D eigenvalue weighted by atomic mass is 16.2. The monoisotopic (exact) mass is 444 g/mol. The van der Waals surface area contributed by atoms with Gasteiger partial charge in [-0.1, -0.05) is 12.1 Å². The third-order valence-corrected chi connectivity index (χ3v) is 6.00. The smallest absolute Gasteiger partial charge is 0.234 e. The van der Waals surface area contributed by atoms with E-state index in [2.05, 4.69) is 52.5 Å². The van der Waals surface area contributed by atoms with E-state index in [1.807, 2.05) is 24.3 Å². The minimum Gasteiger partial charge on any atom is -0.355 e. The number of nitrogens with zero attached hydrogens (tertiary/aromatic N) is 6. The number of piperazine rings is 1. The van der Waals surface area contributed by atoms with Gasteiger partial charge in [-0.2, -0.15) is 4.98 Å². The number of hydrogen-bond acceptors (Lipinski definition) is 8. The highest BCUT2D eigenvalue weighted by Gasteiger charge is 2.19. The van der Waals surface area contributed by atoms with Crippen molar-refractivity contribution in [2.45, 2.75) is 19.4 Å². The third-order valence-electron chi connectivity index (χ3n) is 6.00. The molecule has 170 valence electrons. The summed E-state index contributed by atoms with van der Waals surface area (Å²) in [6.07, 6.45) is 4.91. The van der Waals surface area contributed by atoms with E-state index < -0.39 is 0 Å². The molecule has 6 rings (SSSR count). The fraction of sp³-hybridized carbons (Fsp3) is 0.375. The molecule has 0 saturated carbocycles. The van der Waals surface area contributed by atoms with E-state index in [4.69, 9.17) is 0 Å². The Balaban J connectivity index is 1.40. The number of carbonyl (C=O) groups excluding carboxylic acids is 1. The zero-order chi connectivity index (χ0) is 22.5. The molecular weight excluding hydrogens is 416 g/mol. The summed E-state index contributed by atoms with van der Waals surface area (Å²) in [6.45, 7) is 5.66. The van der Waals surface area contributed by atoms with Crippen LogP contribution in [0.4, 0.5) is 11.6 Å². The van der Waals surface area contributed by atoms with Crippen molar-refractivity contribution in [1.29, 1.82) is 0 Å². The number of pyridine rings is 1. The van der Waals surface area contributed by atoms with Gasteiger partial charge in [0, 0.05) is 62.4 Å². The quantitative estimate of drug-likeness (QED) is 0.542. The molecule has 0 atom stereocenters. The Labute approximate surface area is 193 Å². The number of benzene rings is 1. The van der Waals surface area contributed by atoms with Gasteiger partial charge in [-0.3, -0.25) is 19.6 Å². The molecular formula is C24H28N8O. The van der Waals surface area contributed by atoms with Gasteiger partial charge in [-0.05, 0) is 42.7 Å². The molecule has 33 heavy (non-hydrogen) atoms. The molecule has 2 N–H and O–H groups in total. The first kappa shape index (κ1) is 21.4. The van der Waals surface area contributed by atoms with Gasteiger partial charge in [-0.25, -0.2) is 9.97 Å². The number of rotatable bonds is 0. The fourth-order valence-corrected chi connectivity index (χ4v) is 4.25. The SMILES string of the molecule is O=C1CN2CCN(CC2)Cc2cccc(c2)Nc2ncnc(n2)-c2ccnc(c2)CCCN1. The van der Waals surface area contributed by atoms with E-state index in [9.17, 15) is 4.79 Å². The number of nitrogens with one attached hydrogen (secondary N) is 2. The summed E-state index contributed by atoms with van der Waals surface area (Å²) < 4.78 is 0. The van der Waals surface area contributed by atoms with Crippen molar-refractivity contribution in [2.24, 2.45) is 0 Å². The number of carbonyl (C=O) groups is 1. The van der Waals surface area contributed by atoms with Gasteiger partial charge >= 0.3 is 0 Å². The zero-order valence-corrected chi connectivity index (χ0v) is 18.6. The third kappa shape index (κ3) is 5.68. The molecule has 0 unspecified atom stereocenters. The lowest BCUT2D eigenvalue weighted by atomic mass is 10.1. The van der Waals surface area contributed by atoms with Gasteiger partial charge in [0.05, 0.1) is 6.54 Å². The van der Waals surface area contributed by atoms with Crippen LogP contribution in [0.1, 0.15) is 17.7 Å². The van der Waals surface area contributed by atoms with E-state index in [1.165, 1.54) is 11.9 Å². The van der Waals surface area contributed by atoms with E-state index in [0.717, 1.165) is 62.5 Å². The maximum atomic E-state index is 12.4. The molecule has 1 saturated heterocycles. The lowest BCUT2D eigenvalue weighted by molar-refractivity contribution is -0.122. The Morgan fingerprint density at radius 1 is 0.909 bits per heavy atom. The van der Waals surface area contributed by atoms with E-state index in [-0.39, 0.29) is 5.91 Å². The van der Waals surface area contributed by atoms with Crippen molar-refractivity contribution in [2.75, 3.05) is 44.6 Å². The van der Waals surface area contributed by atoms with Crippen LogP contribution in [0.5, 0.6) is 0 Å². The van der Waals surface area contributed by atoms with Crippen LogP contribution in [0.3, 0.4) is 0 Å². The molecule has 8 bridgehead atoms. The summed E-state index contributed by atoms with van der Waals surface area (Å²) in [5.41, 5.74) is 4.02. The van der Waals surface area contributed by atoms with Gasteiger partial charge in [0.1, 0.15) is 6.33 Å². The van der Waals surface area contributed by atoms with Crippen LogP contribution in [0.25, 0.3) is 11.4 Å². The first-order valence-corrected chi connectivity index (χ1v) is 11.4. The summed E-state index contributed by atoms with van der Waals surface area (Å²) in [5, 5.41) is 6.37. The predicted octanol–water partition coefficient (Wildman–Crippen LogP) is 1.86. The average molecular weight is 445 g/mol. The molecule has 1 amide bonds. The summed E-state index contributed by atoms with van der Waals surface area (Å²) in [6, 6.07) is 12.2. The first-order valence-electron chi connectivity index (χ1n) is 11.4. The Morgan fingerprint density at radius 2 is 1.76 bits per heavy atom. The molecule has 1 fully saturated rings. The molecule has 2 aromatic heterocycles. The number of aromatic nitrogens is 4. The van der Waals surface area contributed by atoms with Crippen LogP contribution >= 0.6 is 0 Å². The molecule has 3 aliphatic heterocycles. The van der Waals surface area contributed by atoms with Crippen molar-refractivity contribution in [1.82, 2.24) is 35.1 Å². The lowest BCUT2D eigenvalue weighted by Crippen LogP contribution is -2.49. The largest absolute Gasteiger partial charge is 0.355 e. The van der Waals surface area contributed by atoms with E-state index in [0.29, 0.717) is 24.9 Å². The number of amides is 1. The Kier molecular flexibility index (Phi) is 6.50. The molecule has 0 aliphatic carbocycles. The number of hydrogen-bond donors (Lipinski definition) is 2. The van der Waals surface area contributed by atoms with Crippen molar-refractivity contribution in [3.63, 3.8) is 0 Å². The summed E-state index contributed by atoms with van der Waals surface area (Å²) in [5.74, 6) is 1.20. The van der Waals surface area contributed by atoms with Crippen LogP contribution in [0, 0.1) is 0 Å². The van der Waals surface area contributed by atoms with Crippen LogP contribution < -0.4 is 10.6 Å². The van der Waals surface area contributed by atoms with Crippen LogP contribution in [0.2, 0.25) is 0 Å². The van der Waals surface area contributed by atoms with Crippen molar-refractivity contribution < 1.29 is 4.79 Å². The van der Waals surface area contributed by atoms with Crippen molar-refractivity contribution in [3.05, 3.63) is 60.2 Å². The second-order valence-electron chi connectivity index (χ2n) is 8.50. The maximum absolute atomic E-state index is 12.4. The average Bonchev–Trinajstić information content (AvgIpc) is 2.83. The van der Waals surface area contributed by atoms with Crippen molar-refractivity contribution in [3.8, 4) is 11.4 Å². The molecule has 0 radical (unpaired) electrons. The summed E-state index contributed by atoms with van der Waals surface area (Å²) in [7, 11) is 0. The van der Waals surface area contributed by atoms with Gasteiger partial charge in [0.25, 0.3) is 0 Å². The van der Waals surface area contributed by atoms with Gasteiger partial charge in [0.15, 0.2) is 5.82 Å². The highest BCUT2D eigenvalue weighted by Crippen LogP contribution is 2.20. The van der Waals surface area contributed by atoms with Gasteiger partial charge in [0.2, 0.25) is 11.9 Å². The minimum atomic E-state index is 0.0903. The van der Waals surface area contributed by atoms with E-state index in [1.54, 1.807) is 6.20 Å². The number of fused-ring (bicyclic) bond motifs is 7. The standard InChI is InChI=1S/C24H28N8O/c33-22-16-32-11-9-31(10-12-32)15-18-3-1-4-21(13-18)29-24-28-17-27-23(30-24)19-6-8-25-20(14-19)5-2-7-26-22/h1,3-4,6,8,13-14,17H,2,5,7,9-12,15-16H2,(H,26,33)(H,27,28,29,30). The molecule has 9 heteroatoms. The Hall–Kier alpha value is -3.43. The molecule has 0 spiro atoms.